The molecule has 2 atom stereocenters. The smallest absolute Gasteiger partial charge is 0.406 e. The summed E-state index contributed by atoms with van der Waals surface area (Å²) in [5.74, 6) is -1.22. The maximum absolute atomic E-state index is 13.7. The predicted octanol–water partition coefficient (Wildman–Crippen LogP) is 7.46. The molecule has 8 nitrogen and oxygen atoms in total. The van der Waals surface area contributed by atoms with Crippen molar-refractivity contribution in [1.29, 1.82) is 0 Å². The molecule has 45 heavy (non-hydrogen) atoms. The number of amides is 1. The number of rotatable bonds is 8. The summed E-state index contributed by atoms with van der Waals surface area (Å²) in [6.45, 7) is 4.79. The van der Waals surface area contributed by atoms with Gasteiger partial charge in [-0.2, -0.15) is 31.1 Å². The molecular weight excluding hydrogens is 623 g/mol. The molecule has 3 aromatic rings. The second-order valence-electron chi connectivity index (χ2n) is 11.1. The van der Waals surface area contributed by atoms with Gasteiger partial charge in [-0.05, 0) is 65.9 Å². The summed E-state index contributed by atoms with van der Waals surface area (Å²) in [5, 5.41) is 11.8. The Labute approximate surface area is 251 Å². The SMILES string of the molecule is CC[C@@H]1C[C@H](N(Cc2cc(C(F)(F)F)cc(C(F)(F)F)c2)c2nnn(C)n2)c2cc(OC(F)(F)F)ccc2N1C(=O)CC(C)C. The van der Waals surface area contributed by atoms with E-state index in [2.05, 4.69) is 20.1 Å². The van der Waals surface area contributed by atoms with Crippen molar-refractivity contribution >= 4 is 17.5 Å². The van der Waals surface area contributed by atoms with Gasteiger partial charge in [-0.3, -0.25) is 4.79 Å². The fraction of sp³-hybridized carbons (Fsp3) is 0.500. The lowest BCUT2D eigenvalue weighted by Gasteiger charge is -2.44. The van der Waals surface area contributed by atoms with Crippen LogP contribution in [0.2, 0.25) is 0 Å². The summed E-state index contributed by atoms with van der Waals surface area (Å²) in [4.78, 5) is 17.2. The predicted molar refractivity (Wildman–Crippen MR) is 143 cm³/mol. The maximum Gasteiger partial charge on any atom is 0.573 e. The van der Waals surface area contributed by atoms with Crippen LogP contribution in [0, 0.1) is 5.92 Å². The molecule has 0 fully saturated rings. The Morgan fingerprint density at radius 3 is 2.11 bits per heavy atom. The van der Waals surface area contributed by atoms with E-state index in [-0.39, 0.29) is 47.9 Å². The first kappa shape index (κ1) is 33.8. The summed E-state index contributed by atoms with van der Waals surface area (Å²) in [5.41, 5.74) is -3.18. The van der Waals surface area contributed by atoms with E-state index in [0.29, 0.717) is 18.6 Å². The zero-order chi connectivity index (χ0) is 33.5. The van der Waals surface area contributed by atoms with Crippen LogP contribution in [-0.2, 0) is 30.7 Å². The number of hydrogen-bond acceptors (Lipinski definition) is 6. The number of alkyl halides is 9. The highest BCUT2D eigenvalue weighted by Crippen LogP contribution is 2.46. The highest BCUT2D eigenvalue weighted by Gasteiger charge is 2.41. The molecule has 0 spiro atoms. The average molecular weight is 653 g/mol. The zero-order valence-electron chi connectivity index (χ0n) is 24.4. The minimum absolute atomic E-state index is 0.00357. The van der Waals surface area contributed by atoms with E-state index in [1.807, 2.05) is 13.8 Å². The zero-order valence-corrected chi connectivity index (χ0v) is 24.4. The molecule has 2 aromatic carbocycles. The Kier molecular flexibility index (Phi) is 9.31. The molecule has 0 unspecified atom stereocenters. The first-order chi connectivity index (χ1) is 20.8. The van der Waals surface area contributed by atoms with Gasteiger partial charge >= 0.3 is 18.7 Å². The second-order valence-corrected chi connectivity index (χ2v) is 11.1. The van der Waals surface area contributed by atoms with Crippen LogP contribution in [0.15, 0.2) is 36.4 Å². The minimum Gasteiger partial charge on any atom is -0.406 e. The molecule has 0 saturated heterocycles. The van der Waals surface area contributed by atoms with Crippen LogP contribution in [0.25, 0.3) is 0 Å². The molecule has 1 amide bonds. The Bertz CT molecular complexity index is 1490. The first-order valence-electron chi connectivity index (χ1n) is 13.8. The van der Waals surface area contributed by atoms with Crippen molar-refractivity contribution in [2.45, 2.75) is 77.4 Å². The molecule has 2 heterocycles. The van der Waals surface area contributed by atoms with Gasteiger partial charge < -0.3 is 14.5 Å². The normalized spacial score (nSPS) is 17.4. The number of carbonyl (C=O) groups excluding carboxylic acids is 1. The molecular formula is C28H29F9N6O2. The number of aromatic nitrogens is 4. The topological polar surface area (TPSA) is 76.4 Å². The van der Waals surface area contributed by atoms with Crippen LogP contribution in [0.1, 0.15) is 68.3 Å². The number of aryl methyl sites for hydroxylation is 1. The van der Waals surface area contributed by atoms with E-state index < -0.39 is 59.8 Å². The molecule has 4 rings (SSSR count). The number of fused-ring (bicyclic) bond motifs is 1. The van der Waals surface area contributed by atoms with Gasteiger partial charge in [0.25, 0.3) is 5.95 Å². The van der Waals surface area contributed by atoms with Gasteiger partial charge in [0.15, 0.2) is 0 Å². The van der Waals surface area contributed by atoms with Gasteiger partial charge in [-0.1, -0.05) is 25.9 Å². The molecule has 17 heteroatoms. The van der Waals surface area contributed by atoms with Gasteiger partial charge in [0.2, 0.25) is 5.91 Å². The Balaban J connectivity index is 1.92. The fourth-order valence-corrected chi connectivity index (χ4v) is 5.35. The van der Waals surface area contributed by atoms with Gasteiger partial charge in [0.05, 0.1) is 24.2 Å². The molecule has 0 N–H and O–H groups in total. The first-order valence-corrected chi connectivity index (χ1v) is 13.8. The number of benzene rings is 2. The lowest BCUT2D eigenvalue weighted by molar-refractivity contribution is -0.274. The molecule has 246 valence electrons. The van der Waals surface area contributed by atoms with Crippen LogP contribution >= 0.6 is 0 Å². The summed E-state index contributed by atoms with van der Waals surface area (Å²) in [6.07, 6.45) is -14.8. The van der Waals surface area contributed by atoms with Gasteiger partial charge in [0.1, 0.15) is 5.75 Å². The highest BCUT2D eigenvalue weighted by molar-refractivity contribution is 5.95. The number of halogens is 9. The van der Waals surface area contributed by atoms with Gasteiger partial charge in [-0.15, -0.1) is 18.3 Å². The summed E-state index contributed by atoms with van der Waals surface area (Å²) in [7, 11) is 1.38. The van der Waals surface area contributed by atoms with Crippen molar-refractivity contribution in [3.63, 3.8) is 0 Å². The number of carbonyl (C=O) groups is 1. The van der Waals surface area contributed by atoms with E-state index in [9.17, 15) is 44.3 Å². The van der Waals surface area contributed by atoms with E-state index in [0.717, 1.165) is 16.9 Å². The lowest BCUT2D eigenvalue weighted by atomic mass is 9.87. The van der Waals surface area contributed by atoms with Crippen LogP contribution in [-0.4, -0.2) is 38.5 Å². The molecule has 0 bridgehead atoms. The van der Waals surface area contributed by atoms with Crippen LogP contribution in [0.4, 0.5) is 51.1 Å². The number of ether oxygens (including phenoxy) is 1. The van der Waals surface area contributed by atoms with E-state index in [4.69, 9.17) is 0 Å². The minimum atomic E-state index is -5.11. The summed E-state index contributed by atoms with van der Waals surface area (Å²) in [6, 6.07) is 2.89. The van der Waals surface area contributed by atoms with Crippen LogP contribution in [0.5, 0.6) is 5.75 Å². The quantitative estimate of drug-likeness (QED) is 0.235. The largest absolute Gasteiger partial charge is 0.573 e. The maximum atomic E-state index is 13.7. The van der Waals surface area contributed by atoms with Crippen molar-refractivity contribution in [2.75, 3.05) is 9.80 Å². The van der Waals surface area contributed by atoms with Gasteiger partial charge in [-0.25, -0.2) is 0 Å². The van der Waals surface area contributed by atoms with Crippen molar-refractivity contribution in [2.24, 2.45) is 13.0 Å². The molecule has 0 aliphatic carbocycles. The van der Waals surface area contributed by atoms with Crippen LogP contribution in [0.3, 0.4) is 0 Å². The van der Waals surface area contributed by atoms with E-state index in [1.54, 1.807) is 6.92 Å². The summed E-state index contributed by atoms with van der Waals surface area (Å²) < 4.78 is 126. The third-order valence-electron chi connectivity index (χ3n) is 7.17. The lowest BCUT2D eigenvalue weighted by Crippen LogP contribution is -2.48. The third kappa shape index (κ3) is 7.97. The Morgan fingerprint density at radius 2 is 1.62 bits per heavy atom. The number of hydrogen-bond donors (Lipinski definition) is 0. The van der Waals surface area contributed by atoms with Crippen molar-refractivity contribution in [3.05, 3.63) is 58.7 Å². The molecule has 0 saturated carbocycles. The standard InChI is InChI=1S/C28H29F9N6O2/c1-5-19-12-23(21-13-20(45-28(35,36)37)6-7-22(21)43(19)24(44)8-15(2)3)42(25-38-40-41(4)39-25)14-16-9-17(26(29,30)31)11-18(10-16)27(32,33)34/h6-7,9-11,13,15,19,23H,5,8,12,14H2,1-4H3/t19-,23+/m1/s1. The van der Waals surface area contributed by atoms with Crippen molar-refractivity contribution < 1.29 is 49.0 Å². The Hall–Kier alpha value is -4.05. The molecule has 1 aliphatic heterocycles. The number of tetrazole rings is 1. The third-order valence-corrected chi connectivity index (χ3v) is 7.17. The van der Waals surface area contributed by atoms with E-state index >= 15 is 0 Å². The monoisotopic (exact) mass is 652 g/mol. The van der Waals surface area contributed by atoms with Gasteiger partial charge in [0, 0.05) is 30.3 Å². The second kappa shape index (κ2) is 12.4. The van der Waals surface area contributed by atoms with E-state index in [1.165, 1.54) is 22.9 Å². The molecule has 1 aromatic heterocycles. The Morgan fingerprint density at radius 1 is 1.00 bits per heavy atom. The highest BCUT2D eigenvalue weighted by atomic mass is 19.4. The fourth-order valence-electron chi connectivity index (χ4n) is 5.35. The number of nitrogens with zero attached hydrogens (tertiary/aromatic N) is 6. The van der Waals surface area contributed by atoms with Crippen LogP contribution < -0.4 is 14.5 Å². The summed E-state index contributed by atoms with van der Waals surface area (Å²) >= 11 is 0. The van der Waals surface area contributed by atoms with Crippen molar-refractivity contribution in [3.8, 4) is 5.75 Å². The average Bonchev–Trinajstić information content (AvgIpc) is 3.34. The molecule has 1 aliphatic rings. The van der Waals surface area contributed by atoms with Crippen molar-refractivity contribution in [1.82, 2.24) is 20.2 Å². The molecule has 0 radical (unpaired) electrons. The number of anilines is 2.